The number of H-pyrrole nitrogens is 1. The van der Waals surface area contributed by atoms with Crippen molar-refractivity contribution >= 4 is 12.2 Å². The average Bonchev–Trinajstić information content (AvgIpc) is 2.28. The van der Waals surface area contributed by atoms with E-state index in [9.17, 15) is 4.39 Å². The van der Waals surface area contributed by atoms with Crippen molar-refractivity contribution in [2.24, 2.45) is 0 Å². The van der Waals surface area contributed by atoms with Gasteiger partial charge in [-0.15, -0.1) is 0 Å². The van der Waals surface area contributed by atoms with E-state index in [1.807, 2.05) is 13.0 Å². The van der Waals surface area contributed by atoms with Crippen LogP contribution in [-0.4, -0.2) is 9.97 Å². The first-order chi connectivity index (χ1) is 7.72. The van der Waals surface area contributed by atoms with E-state index in [0.29, 0.717) is 4.64 Å². The summed E-state index contributed by atoms with van der Waals surface area (Å²) < 4.78 is 13.7. The van der Waals surface area contributed by atoms with Crippen molar-refractivity contribution < 1.29 is 4.39 Å². The smallest absolute Gasteiger partial charge is 0.133 e. The van der Waals surface area contributed by atoms with E-state index >= 15 is 0 Å². The standard InChI is InChI=1S/C12H11FN2S/c1-2-10-11(14-7-15-12(10)16)8-4-3-5-9(13)6-8/h3-7H,2H2,1H3,(H,14,15,16). The second kappa shape index (κ2) is 4.53. The van der Waals surface area contributed by atoms with Gasteiger partial charge in [-0.3, -0.25) is 0 Å². The van der Waals surface area contributed by atoms with Crippen molar-refractivity contribution in [1.82, 2.24) is 9.97 Å². The molecule has 2 rings (SSSR count). The molecule has 0 radical (unpaired) electrons. The Hall–Kier alpha value is -1.55. The molecular formula is C12H11FN2S. The summed E-state index contributed by atoms with van der Waals surface area (Å²) in [7, 11) is 0. The van der Waals surface area contributed by atoms with Gasteiger partial charge in [0.2, 0.25) is 0 Å². The molecule has 0 aliphatic rings. The number of nitrogens with one attached hydrogen (secondary N) is 1. The fraction of sp³-hybridized carbons (Fsp3) is 0.167. The molecule has 16 heavy (non-hydrogen) atoms. The second-order valence-electron chi connectivity index (χ2n) is 3.43. The van der Waals surface area contributed by atoms with Crippen LogP contribution in [-0.2, 0) is 6.42 Å². The van der Waals surface area contributed by atoms with E-state index in [0.717, 1.165) is 23.2 Å². The molecule has 4 heteroatoms. The average molecular weight is 234 g/mol. The molecule has 0 aliphatic heterocycles. The first kappa shape index (κ1) is 11.0. The largest absolute Gasteiger partial charge is 0.346 e. The monoisotopic (exact) mass is 234 g/mol. The molecule has 0 atom stereocenters. The Balaban J connectivity index is 2.64. The van der Waals surface area contributed by atoms with E-state index in [4.69, 9.17) is 12.2 Å². The topological polar surface area (TPSA) is 28.7 Å². The summed E-state index contributed by atoms with van der Waals surface area (Å²) in [5, 5.41) is 0. The van der Waals surface area contributed by atoms with E-state index in [1.54, 1.807) is 12.4 Å². The van der Waals surface area contributed by atoms with Gasteiger partial charge in [0, 0.05) is 11.1 Å². The van der Waals surface area contributed by atoms with Crippen molar-refractivity contribution in [3.63, 3.8) is 0 Å². The second-order valence-corrected chi connectivity index (χ2v) is 3.81. The fourth-order valence-corrected chi connectivity index (χ4v) is 1.96. The fourth-order valence-electron chi connectivity index (χ4n) is 1.66. The van der Waals surface area contributed by atoms with Gasteiger partial charge in [-0.25, -0.2) is 9.37 Å². The lowest BCUT2D eigenvalue weighted by Gasteiger charge is -2.07. The maximum atomic E-state index is 13.1. The molecular weight excluding hydrogens is 223 g/mol. The lowest BCUT2D eigenvalue weighted by Crippen LogP contribution is -1.95. The van der Waals surface area contributed by atoms with Crippen molar-refractivity contribution in [3.05, 3.63) is 46.6 Å². The highest BCUT2D eigenvalue weighted by Crippen LogP contribution is 2.22. The molecule has 0 aliphatic carbocycles. The molecule has 0 amide bonds. The minimum absolute atomic E-state index is 0.254. The van der Waals surface area contributed by atoms with Crippen LogP contribution in [0.15, 0.2) is 30.6 Å². The van der Waals surface area contributed by atoms with Crippen LogP contribution in [0.1, 0.15) is 12.5 Å². The number of benzene rings is 1. The summed E-state index contributed by atoms with van der Waals surface area (Å²) in [5.41, 5.74) is 2.59. The number of aromatic nitrogens is 2. The summed E-state index contributed by atoms with van der Waals surface area (Å²) in [6.07, 6.45) is 2.32. The first-order valence-electron chi connectivity index (χ1n) is 5.05. The summed E-state index contributed by atoms with van der Waals surface area (Å²) in [4.78, 5) is 7.05. The Morgan fingerprint density at radius 1 is 1.44 bits per heavy atom. The molecule has 0 bridgehead atoms. The van der Waals surface area contributed by atoms with Gasteiger partial charge in [0.15, 0.2) is 0 Å². The van der Waals surface area contributed by atoms with Crippen LogP contribution < -0.4 is 0 Å². The Bertz CT molecular complexity index is 563. The lowest BCUT2D eigenvalue weighted by atomic mass is 10.1. The Labute approximate surface area is 98.2 Å². The maximum absolute atomic E-state index is 13.1. The van der Waals surface area contributed by atoms with Crippen LogP contribution >= 0.6 is 12.2 Å². The normalized spacial score (nSPS) is 10.4. The summed E-state index contributed by atoms with van der Waals surface area (Å²) in [6.45, 7) is 2.00. The Kier molecular flexibility index (Phi) is 3.10. The molecule has 2 nitrogen and oxygen atoms in total. The summed E-state index contributed by atoms with van der Waals surface area (Å²) in [5.74, 6) is -0.254. The van der Waals surface area contributed by atoms with Gasteiger partial charge in [0.05, 0.1) is 12.0 Å². The van der Waals surface area contributed by atoms with E-state index in [1.165, 1.54) is 12.1 Å². The number of aromatic amines is 1. The minimum Gasteiger partial charge on any atom is -0.346 e. The quantitative estimate of drug-likeness (QED) is 0.805. The van der Waals surface area contributed by atoms with Crippen LogP contribution in [0.4, 0.5) is 4.39 Å². The lowest BCUT2D eigenvalue weighted by molar-refractivity contribution is 0.628. The van der Waals surface area contributed by atoms with Gasteiger partial charge in [-0.05, 0) is 18.6 Å². The highest BCUT2D eigenvalue weighted by atomic mass is 32.1. The Morgan fingerprint density at radius 2 is 2.25 bits per heavy atom. The van der Waals surface area contributed by atoms with Gasteiger partial charge in [0.1, 0.15) is 10.5 Å². The van der Waals surface area contributed by atoms with Crippen molar-refractivity contribution in [1.29, 1.82) is 0 Å². The number of nitrogens with zero attached hydrogens (tertiary/aromatic N) is 1. The zero-order valence-electron chi connectivity index (χ0n) is 8.83. The third-order valence-electron chi connectivity index (χ3n) is 2.42. The van der Waals surface area contributed by atoms with Crippen molar-refractivity contribution in [3.8, 4) is 11.3 Å². The molecule has 1 aromatic heterocycles. The van der Waals surface area contributed by atoms with Crippen molar-refractivity contribution in [2.75, 3.05) is 0 Å². The number of halogens is 1. The van der Waals surface area contributed by atoms with Gasteiger partial charge < -0.3 is 4.98 Å². The molecule has 2 aromatic rings. The molecule has 1 heterocycles. The number of hydrogen-bond acceptors (Lipinski definition) is 2. The van der Waals surface area contributed by atoms with Crippen LogP contribution in [0.25, 0.3) is 11.3 Å². The number of rotatable bonds is 2. The zero-order chi connectivity index (χ0) is 11.5. The molecule has 0 saturated heterocycles. The predicted octanol–water partition coefficient (Wildman–Crippen LogP) is 3.51. The SMILES string of the molecule is CCc1c(-c2cccc(F)c2)[nH]cnc1=S. The first-order valence-corrected chi connectivity index (χ1v) is 5.45. The van der Waals surface area contributed by atoms with E-state index in [2.05, 4.69) is 9.97 Å². The summed E-state index contributed by atoms with van der Waals surface area (Å²) >= 11 is 5.15. The third kappa shape index (κ3) is 2.02. The zero-order valence-corrected chi connectivity index (χ0v) is 9.64. The van der Waals surface area contributed by atoms with Crippen LogP contribution in [0.3, 0.4) is 0 Å². The maximum Gasteiger partial charge on any atom is 0.133 e. The molecule has 0 saturated carbocycles. The van der Waals surface area contributed by atoms with Crippen LogP contribution in [0.2, 0.25) is 0 Å². The minimum atomic E-state index is -0.254. The molecule has 1 aromatic carbocycles. The highest BCUT2D eigenvalue weighted by Gasteiger charge is 2.06. The molecule has 0 fully saturated rings. The highest BCUT2D eigenvalue weighted by molar-refractivity contribution is 7.71. The van der Waals surface area contributed by atoms with Crippen LogP contribution in [0.5, 0.6) is 0 Å². The van der Waals surface area contributed by atoms with Gasteiger partial charge in [-0.2, -0.15) is 0 Å². The van der Waals surface area contributed by atoms with E-state index in [-0.39, 0.29) is 5.82 Å². The van der Waals surface area contributed by atoms with Gasteiger partial charge >= 0.3 is 0 Å². The molecule has 0 spiro atoms. The Morgan fingerprint density at radius 3 is 2.94 bits per heavy atom. The predicted molar refractivity (Wildman–Crippen MR) is 64.2 cm³/mol. The van der Waals surface area contributed by atoms with Gasteiger partial charge in [-0.1, -0.05) is 31.3 Å². The molecule has 0 unspecified atom stereocenters. The molecule has 82 valence electrons. The summed E-state index contributed by atoms with van der Waals surface area (Å²) in [6, 6.07) is 6.44. The third-order valence-corrected chi connectivity index (χ3v) is 2.77. The van der Waals surface area contributed by atoms with Crippen molar-refractivity contribution in [2.45, 2.75) is 13.3 Å². The number of hydrogen-bond donors (Lipinski definition) is 1. The molecule has 1 N–H and O–H groups in total. The van der Waals surface area contributed by atoms with E-state index < -0.39 is 0 Å². The van der Waals surface area contributed by atoms with Crippen LogP contribution in [0, 0.1) is 10.5 Å². The van der Waals surface area contributed by atoms with Gasteiger partial charge in [0.25, 0.3) is 0 Å².